The molecule has 0 bridgehead atoms. The molecule has 0 spiro atoms. The van der Waals surface area contributed by atoms with E-state index >= 15 is 0 Å². The first kappa shape index (κ1) is 9.39. The lowest BCUT2D eigenvalue weighted by atomic mass is 10.1. The van der Waals surface area contributed by atoms with Crippen LogP contribution in [-0.4, -0.2) is 13.0 Å². The minimum atomic E-state index is -4.40. The first-order valence-electron chi connectivity index (χ1n) is 3.99. The molecule has 1 aromatic rings. The Labute approximate surface area is 81.8 Å². The molecule has 0 saturated carbocycles. The third kappa shape index (κ3) is 1.84. The third-order valence-corrected chi connectivity index (χ3v) is 2.43. The van der Waals surface area contributed by atoms with E-state index in [4.69, 9.17) is 4.55 Å². The van der Waals surface area contributed by atoms with Gasteiger partial charge in [0.1, 0.15) is 6.10 Å². The van der Waals surface area contributed by atoms with Gasteiger partial charge in [0.2, 0.25) is 0 Å². The number of rotatable bonds is 2. The smallest absolute Gasteiger partial charge is 0.264 e. The number of benzene rings is 1. The van der Waals surface area contributed by atoms with Gasteiger partial charge in [0.25, 0.3) is 0 Å². The molecule has 0 aliphatic heterocycles. The van der Waals surface area contributed by atoms with Crippen LogP contribution in [0.1, 0.15) is 17.2 Å². The van der Waals surface area contributed by atoms with Crippen LogP contribution < -0.4 is 0 Å². The van der Waals surface area contributed by atoms with Crippen LogP contribution in [0.2, 0.25) is 0 Å². The van der Waals surface area contributed by atoms with Crippen molar-refractivity contribution in [3.05, 3.63) is 41.5 Å². The lowest BCUT2D eigenvalue weighted by Crippen LogP contribution is -2.07. The molecular weight excluding hydrogens is 204 g/mol. The van der Waals surface area contributed by atoms with E-state index in [-0.39, 0.29) is 0 Å². The van der Waals surface area contributed by atoms with E-state index in [0.29, 0.717) is 0 Å². The van der Waals surface area contributed by atoms with E-state index in [2.05, 4.69) is 4.18 Å². The molecule has 0 fully saturated rings. The molecule has 4 nitrogen and oxygen atoms in total. The molecule has 0 aromatic heterocycles. The molecule has 14 heavy (non-hydrogen) atoms. The highest BCUT2D eigenvalue weighted by Crippen LogP contribution is 2.31. The number of hydrogen-bond acceptors (Lipinski definition) is 3. The quantitative estimate of drug-likeness (QED) is 0.756. The highest BCUT2D eigenvalue weighted by molar-refractivity contribution is 7.80. The zero-order valence-electron chi connectivity index (χ0n) is 7.12. The van der Waals surface area contributed by atoms with Gasteiger partial charge < -0.3 is 0 Å². The van der Waals surface area contributed by atoms with Gasteiger partial charge in [-0.25, -0.2) is 4.18 Å². The van der Waals surface area contributed by atoms with Crippen LogP contribution in [0.4, 0.5) is 0 Å². The molecule has 0 heterocycles. The second-order valence-electron chi connectivity index (χ2n) is 2.93. The predicted molar refractivity (Wildman–Crippen MR) is 50.9 cm³/mol. The van der Waals surface area contributed by atoms with Gasteiger partial charge >= 0.3 is 10.4 Å². The van der Waals surface area contributed by atoms with E-state index in [1.54, 1.807) is 24.3 Å². The summed E-state index contributed by atoms with van der Waals surface area (Å²) in [6.45, 7) is 0. The Morgan fingerprint density at radius 2 is 2.00 bits per heavy atom. The Balaban J connectivity index is 2.32. The highest BCUT2D eigenvalue weighted by atomic mass is 32.3. The first-order valence-corrected chi connectivity index (χ1v) is 5.35. The number of hydrogen-bond donors (Lipinski definition) is 1. The van der Waals surface area contributed by atoms with Crippen molar-refractivity contribution in [3.8, 4) is 0 Å². The van der Waals surface area contributed by atoms with Gasteiger partial charge in [0.05, 0.1) is 0 Å². The maximum absolute atomic E-state index is 10.5. The Hall–Kier alpha value is -1.17. The van der Waals surface area contributed by atoms with Crippen molar-refractivity contribution < 1.29 is 17.2 Å². The van der Waals surface area contributed by atoms with Gasteiger partial charge in [-0.3, -0.25) is 4.55 Å². The molecule has 1 atom stereocenters. The van der Waals surface area contributed by atoms with Gasteiger partial charge in [-0.2, -0.15) is 8.42 Å². The summed E-state index contributed by atoms with van der Waals surface area (Å²) >= 11 is 0. The van der Waals surface area contributed by atoms with Crippen LogP contribution in [0.5, 0.6) is 0 Å². The van der Waals surface area contributed by atoms with E-state index in [9.17, 15) is 8.42 Å². The van der Waals surface area contributed by atoms with Crippen molar-refractivity contribution in [1.82, 2.24) is 0 Å². The summed E-state index contributed by atoms with van der Waals surface area (Å²) in [4.78, 5) is 0. The van der Waals surface area contributed by atoms with Gasteiger partial charge in [-0.05, 0) is 17.2 Å². The number of fused-ring (bicyclic) bond motifs is 1. The van der Waals surface area contributed by atoms with Gasteiger partial charge in [0.15, 0.2) is 0 Å². The highest BCUT2D eigenvalue weighted by Gasteiger charge is 2.22. The molecule has 0 amide bonds. The van der Waals surface area contributed by atoms with Crippen molar-refractivity contribution in [1.29, 1.82) is 0 Å². The van der Waals surface area contributed by atoms with Gasteiger partial charge in [-0.1, -0.05) is 30.3 Å². The van der Waals surface area contributed by atoms with Crippen molar-refractivity contribution in [3.63, 3.8) is 0 Å². The Kier molecular flexibility index (Phi) is 2.14. The summed E-state index contributed by atoms with van der Waals surface area (Å²) < 4.78 is 34.0. The van der Waals surface area contributed by atoms with Crippen LogP contribution in [0, 0.1) is 0 Å². The zero-order chi connectivity index (χ0) is 10.2. The largest absolute Gasteiger partial charge is 0.398 e. The first-order chi connectivity index (χ1) is 6.56. The average Bonchev–Trinajstić information content (AvgIpc) is 2.47. The average molecular weight is 212 g/mol. The monoisotopic (exact) mass is 212 g/mol. The van der Waals surface area contributed by atoms with Crippen LogP contribution in [0.3, 0.4) is 0 Å². The van der Waals surface area contributed by atoms with Crippen molar-refractivity contribution in [2.45, 2.75) is 6.10 Å². The SMILES string of the molecule is O=S(=O)(O)OC1C=Cc2ccccc21. The Morgan fingerprint density at radius 3 is 2.71 bits per heavy atom. The molecule has 1 unspecified atom stereocenters. The minimum absolute atomic E-state index is 0.707. The molecule has 0 radical (unpaired) electrons. The van der Waals surface area contributed by atoms with Crippen molar-refractivity contribution in [2.75, 3.05) is 0 Å². The predicted octanol–water partition coefficient (Wildman–Crippen LogP) is 1.57. The molecule has 1 aliphatic carbocycles. The zero-order valence-corrected chi connectivity index (χ0v) is 7.94. The fraction of sp³-hybridized carbons (Fsp3) is 0.111. The van der Waals surface area contributed by atoms with Gasteiger partial charge in [0, 0.05) is 0 Å². The summed E-state index contributed by atoms with van der Waals surface area (Å²) in [5.41, 5.74) is 1.64. The summed E-state index contributed by atoms with van der Waals surface area (Å²) in [6, 6.07) is 7.23. The summed E-state index contributed by atoms with van der Waals surface area (Å²) in [5.74, 6) is 0. The maximum Gasteiger partial charge on any atom is 0.398 e. The topological polar surface area (TPSA) is 63.6 Å². The lowest BCUT2D eigenvalue weighted by Gasteiger charge is -2.08. The molecular formula is C9H8O4S. The summed E-state index contributed by atoms with van der Waals surface area (Å²) in [7, 11) is -4.40. The van der Waals surface area contributed by atoms with Gasteiger partial charge in [-0.15, -0.1) is 0 Å². The van der Waals surface area contributed by atoms with Crippen LogP contribution in [0.25, 0.3) is 6.08 Å². The molecule has 1 aliphatic rings. The molecule has 1 N–H and O–H groups in total. The van der Waals surface area contributed by atoms with Crippen LogP contribution in [0.15, 0.2) is 30.3 Å². The molecule has 5 heteroatoms. The van der Waals surface area contributed by atoms with Crippen molar-refractivity contribution >= 4 is 16.5 Å². The molecule has 74 valence electrons. The summed E-state index contributed by atoms with van der Waals surface area (Å²) in [6.07, 6.45) is 2.63. The van der Waals surface area contributed by atoms with E-state index < -0.39 is 16.5 Å². The second-order valence-corrected chi connectivity index (χ2v) is 3.98. The molecule has 2 rings (SSSR count). The van der Waals surface area contributed by atoms with E-state index in [1.807, 2.05) is 12.1 Å². The Bertz CT molecular complexity index is 475. The van der Waals surface area contributed by atoms with E-state index in [1.165, 1.54) is 0 Å². The van der Waals surface area contributed by atoms with E-state index in [0.717, 1.165) is 11.1 Å². The maximum atomic E-state index is 10.5. The van der Waals surface area contributed by atoms with Crippen LogP contribution >= 0.6 is 0 Å². The molecule has 1 aromatic carbocycles. The second kappa shape index (κ2) is 3.20. The normalized spacial score (nSPS) is 19.6. The Morgan fingerprint density at radius 1 is 1.29 bits per heavy atom. The minimum Gasteiger partial charge on any atom is -0.264 e. The third-order valence-electron chi connectivity index (χ3n) is 1.98. The standard InChI is InChI=1S/C9H8O4S/c10-14(11,12)13-9-6-5-7-3-1-2-4-8(7)9/h1-6,9H,(H,10,11,12). The summed E-state index contributed by atoms with van der Waals surface area (Å²) in [5, 5.41) is 0. The fourth-order valence-electron chi connectivity index (χ4n) is 1.43. The molecule has 0 saturated heterocycles. The van der Waals surface area contributed by atoms with Crippen molar-refractivity contribution in [2.24, 2.45) is 0 Å². The lowest BCUT2D eigenvalue weighted by molar-refractivity contribution is 0.225. The van der Waals surface area contributed by atoms with Crippen LogP contribution in [-0.2, 0) is 14.6 Å². The fourth-order valence-corrected chi connectivity index (χ4v) is 1.86.